The topological polar surface area (TPSA) is 46.2 Å². The zero-order valence-electron chi connectivity index (χ0n) is 12.9. The second-order valence-corrected chi connectivity index (χ2v) is 5.67. The van der Waals surface area contributed by atoms with Crippen LogP contribution in [0, 0.1) is 0 Å². The van der Waals surface area contributed by atoms with Crippen molar-refractivity contribution in [2.75, 3.05) is 27.9 Å². The number of ether oxygens (including phenoxy) is 5. The third kappa shape index (κ3) is 4.15. The average Bonchev–Trinajstić information content (AvgIpc) is 2.48. The molecule has 5 heteroatoms. The van der Waals surface area contributed by atoms with Crippen LogP contribution in [-0.4, -0.2) is 58.6 Å². The standard InChI is InChI=1S/C15H28O5/c1-16-10-13-15(18-3)12(17-2)9-14(20-13)19-11-7-5-4-6-8-11/h11-15H,4-10H2,1-3H3/t12-,13-,14-,15-/m1/s1. The number of hydrogen-bond donors (Lipinski definition) is 0. The van der Waals surface area contributed by atoms with Crippen LogP contribution in [0.2, 0.25) is 0 Å². The molecule has 1 saturated carbocycles. The van der Waals surface area contributed by atoms with Crippen molar-refractivity contribution in [3.63, 3.8) is 0 Å². The Morgan fingerprint density at radius 3 is 2.35 bits per heavy atom. The van der Waals surface area contributed by atoms with Gasteiger partial charge in [0.15, 0.2) is 6.29 Å². The smallest absolute Gasteiger partial charge is 0.161 e. The molecule has 0 aromatic heterocycles. The van der Waals surface area contributed by atoms with E-state index in [9.17, 15) is 0 Å². The summed E-state index contributed by atoms with van der Waals surface area (Å²) >= 11 is 0. The molecular formula is C15H28O5. The molecule has 0 bridgehead atoms. The van der Waals surface area contributed by atoms with Crippen LogP contribution in [0.4, 0.5) is 0 Å². The lowest BCUT2D eigenvalue weighted by Gasteiger charge is -2.41. The molecule has 0 spiro atoms. The lowest BCUT2D eigenvalue weighted by atomic mass is 9.97. The predicted molar refractivity (Wildman–Crippen MR) is 74.7 cm³/mol. The van der Waals surface area contributed by atoms with E-state index in [1.807, 2.05) is 0 Å². The van der Waals surface area contributed by atoms with E-state index >= 15 is 0 Å². The molecule has 2 rings (SSSR count). The average molecular weight is 288 g/mol. The molecule has 2 fully saturated rings. The molecule has 20 heavy (non-hydrogen) atoms. The fourth-order valence-corrected chi connectivity index (χ4v) is 3.23. The highest BCUT2D eigenvalue weighted by Gasteiger charge is 2.40. The van der Waals surface area contributed by atoms with E-state index in [2.05, 4.69) is 0 Å². The van der Waals surface area contributed by atoms with Crippen LogP contribution in [0.5, 0.6) is 0 Å². The van der Waals surface area contributed by atoms with Crippen molar-refractivity contribution in [1.29, 1.82) is 0 Å². The lowest BCUT2D eigenvalue weighted by molar-refractivity contribution is -0.279. The molecule has 0 aromatic rings. The molecule has 0 unspecified atom stereocenters. The van der Waals surface area contributed by atoms with Crippen LogP contribution in [0.1, 0.15) is 38.5 Å². The minimum atomic E-state index is -0.213. The van der Waals surface area contributed by atoms with Crippen molar-refractivity contribution in [2.45, 2.75) is 69.2 Å². The lowest BCUT2D eigenvalue weighted by Crippen LogP contribution is -2.53. The van der Waals surface area contributed by atoms with Gasteiger partial charge in [-0.05, 0) is 12.8 Å². The molecule has 118 valence electrons. The normalized spacial score (nSPS) is 36.1. The maximum Gasteiger partial charge on any atom is 0.161 e. The van der Waals surface area contributed by atoms with E-state index in [1.165, 1.54) is 19.3 Å². The van der Waals surface area contributed by atoms with Crippen LogP contribution in [0.15, 0.2) is 0 Å². The van der Waals surface area contributed by atoms with Gasteiger partial charge in [0, 0.05) is 27.8 Å². The summed E-state index contributed by atoms with van der Waals surface area (Å²) in [5, 5.41) is 0. The first-order chi connectivity index (χ1) is 9.78. The summed E-state index contributed by atoms with van der Waals surface area (Å²) in [5.74, 6) is 0. The highest BCUT2D eigenvalue weighted by Crippen LogP contribution is 2.29. The van der Waals surface area contributed by atoms with Gasteiger partial charge in [0.1, 0.15) is 12.2 Å². The number of rotatable bonds is 6. The van der Waals surface area contributed by atoms with Crippen LogP contribution in [0.25, 0.3) is 0 Å². The van der Waals surface area contributed by atoms with E-state index in [4.69, 9.17) is 23.7 Å². The summed E-state index contributed by atoms with van der Waals surface area (Å²) in [6, 6.07) is 0. The molecular weight excluding hydrogens is 260 g/mol. The summed E-state index contributed by atoms with van der Waals surface area (Å²) < 4.78 is 28.4. The molecule has 4 atom stereocenters. The van der Waals surface area contributed by atoms with Crippen molar-refractivity contribution in [1.82, 2.24) is 0 Å². The Morgan fingerprint density at radius 2 is 1.75 bits per heavy atom. The van der Waals surface area contributed by atoms with Gasteiger partial charge in [0.25, 0.3) is 0 Å². The molecule has 0 amide bonds. The Labute approximate surface area is 121 Å². The van der Waals surface area contributed by atoms with Gasteiger partial charge in [-0.25, -0.2) is 0 Å². The van der Waals surface area contributed by atoms with Gasteiger partial charge in [-0.15, -0.1) is 0 Å². The third-order valence-electron chi connectivity index (χ3n) is 4.29. The van der Waals surface area contributed by atoms with Crippen LogP contribution in [0.3, 0.4) is 0 Å². The van der Waals surface area contributed by atoms with Gasteiger partial charge in [-0.1, -0.05) is 19.3 Å². The van der Waals surface area contributed by atoms with E-state index < -0.39 is 0 Å². The zero-order chi connectivity index (χ0) is 14.4. The highest BCUT2D eigenvalue weighted by atomic mass is 16.7. The fourth-order valence-electron chi connectivity index (χ4n) is 3.23. The largest absolute Gasteiger partial charge is 0.382 e. The van der Waals surface area contributed by atoms with Crippen LogP contribution >= 0.6 is 0 Å². The van der Waals surface area contributed by atoms with Gasteiger partial charge in [0.05, 0.1) is 18.8 Å². The molecule has 1 heterocycles. The van der Waals surface area contributed by atoms with Gasteiger partial charge in [-0.3, -0.25) is 0 Å². The first-order valence-electron chi connectivity index (χ1n) is 7.64. The molecule has 5 nitrogen and oxygen atoms in total. The Morgan fingerprint density at radius 1 is 1.00 bits per heavy atom. The Bertz CT molecular complexity index is 265. The second-order valence-electron chi connectivity index (χ2n) is 5.67. The zero-order valence-corrected chi connectivity index (χ0v) is 12.9. The molecule has 0 aromatic carbocycles. The summed E-state index contributed by atoms with van der Waals surface area (Å²) in [5.41, 5.74) is 0. The van der Waals surface area contributed by atoms with Gasteiger partial charge in [0.2, 0.25) is 0 Å². The molecule has 0 N–H and O–H groups in total. The first kappa shape index (κ1) is 16.2. The monoisotopic (exact) mass is 288 g/mol. The fraction of sp³-hybridized carbons (Fsp3) is 1.00. The van der Waals surface area contributed by atoms with Crippen molar-refractivity contribution in [2.24, 2.45) is 0 Å². The van der Waals surface area contributed by atoms with E-state index in [0.29, 0.717) is 19.1 Å². The molecule has 1 aliphatic carbocycles. The van der Waals surface area contributed by atoms with Crippen LogP contribution in [-0.2, 0) is 23.7 Å². The van der Waals surface area contributed by atoms with Gasteiger partial charge < -0.3 is 23.7 Å². The van der Waals surface area contributed by atoms with Crippen molar-refractivity contribution in [3.8, 4) is 0 Å². The first-order valence-corrected chi connectivity index (χ1v) is 7.64. The Hall–Kier alpha value is -0.200. The molecule has 1 saturated heterocycles. The Balaban J connectivity index is 1.92. The SMILES string of the molecule is COC[C@H]1O[C@@H](OC2CCCCC2)C[C@@H](OC)[C@H]1OC. The maximum atomic E-state index is 6.12. The quantitative estimate of drug-likeness (QED) is 0.749. The molecule has 0 radical (unpaired) electrons. The molecule has 2 aliphatic rings. The summed E-state index contributed by atoms with van der Waals surface area (Å²) in [6.07, 6.45) is 6.69. The predicted octanol–water partition coefficient (Wildman–Crippen LogP) is 2.13. The van der Waals surface area contributed by atoms with E-state index in [0.717, 1.165) is 12.8 Å². The third-order valence-corrected chi connectivity index (χ3v) is 4.29. The Kier molecular flexibility index (Phi) is 6.71. The minimum Gasteiger partial charge on any atom is -0.382 e. The summed E-state index contributed by atoms with van der Waals surface area (Å²) in [7, 11) is 5.07. The van der Waals surface area contributed by atoms with Crippen molar-refractivity contribution in [3.05, 3.63) is 0 Å². The highest BCUT2D eigenvalue weighted by molar-refractivity contribution is 4.85. The van der Waals surface area contributed by atoms with Crippen molar-refractivity contribution < 1.29 is 23.7 Å². The molecule has 1 aliphatic heterocycles. The van der Waals surface area contributed by atoms with Gasteiger partial charge >= 0.3 is 0 Å². The van der Waals surface area contributed by atoms with Crippen LogP contribution < -0.4 is 0 Å². The second kappa shape index (κ2) is 8.29. The summed E-state index contributed by atoms with van der Waals surface area (Å²) in [6.45, 7) is 0.489. The van der Waals surface area contributed by atoms with Gasteiger partial charge in [-0.2, -0.15) is 0 Å². The number of methoxy groups -OCH3 is 3. The van der Waals surface area contributed by atoms with E-state index in [1.54, 1.807) is 21.3 Å². The maximum absolute atomic E-state index is 6.12. The number of hydrogen-bond acceptors (Lipinski definition) is 5. The minimum absolute atomic E-state index is 0.0116. The summed E-state index contributed by atoms with van der Waals surface area (Å²) in [4.78, 5) is 0. The van der Waals surface area contributed by atoms with Crippen molar-refractivity contribution >= 4 is 0 Å². The van der Waals surface area contributed by atoms with E-state index in [-0.39, 0.29) is 24.6 Å².